The minimum atomic E-state index is -0.414. The van der Waals surface area contributed by atoms with Crippen LogP contribution in [0.25, 0.3) is 0 Å². The molecule has 0 aliphatic carbocycles. The van der Waals surface area contributed by atoms with Crippen LogP contribution < -0.4 is 15.5 Å². The van der Waals surface area contributed by atoms with Crippen LogP contribution in [0.15, 0.2) is 17.1 Å². The van der Waals surface area contributed by atoms with Crippen LogP contribution in [0, 0.1) is 27.7 Å². The summed E-state index contributed by atoms with van der Waals surface area (Å²) in [5.74, 6) is 0.682. The highest BCUT2D eigenvalue weighted by Crippen LogP contribution is 2.42. The van der Waals surface area contributed by atoms with E-state index in [1.54, 1.807) is 17.7 Å². The first kappa shape index (κ1) is 19.8. The molecule has 0 fully saturated rings. The highest BCUT2D eigenvalue weighted by Gasteiger charge is 2.30. The number of hydrogen-bond acceptors (Lipinski definition) is 5. The second-order valence-electron chi connectivity index (χ2n) is 7.34. The van der Waals surface area contributed by atoms with Crippen LogP contribution in [-0.4, -0.2) is 33.3 Å². The minimum absolute atomic E-state index is 0.128. The lowest BCUT2D eigenvalue weighted by atomic mass is 9.95. The summed E-state index contributed by atoms with van der Waals surface area (Å²) in [5, 5.41) is 22.8. The van der Waals surface area contributed by atoms with E-state index in [-0.39, 0.29) is 24.2 Å². The van der Waals surface area contributed by atoms with Crippen molar-refractivity contribution in [1.82, 2.24) is 9.88 Å². The van der Waals surface area contributed by atoms with Gasteiger partial charge in [0.15, 0.2) is 5.75 Å². The zero-order chi connectivity index (χ0) is 20.6. The number of aromatic hydroxyl groups is 2. The topological polar surface area (TPSA) is 101 Å². The van der Waals surface area contributed by atoms with Crippen LogP contribution >= 0.6 is 0 Å². The molecule has 0 saturated carbocycles. The van der Waals surface area contributed by atoms with Gasteiger partial charge >= 0.3 is 0 Å². The van der Waals surface area contributed by atoms with E-state index in [0.29, 0.717) is 31.0 Å². The van der Waals surface area contributed by atoms with Gasteiger partial charge in [0.25, 0.3) is 0 Å². The minimum Gasteiger partial charge on any atom is -0.507 e. The molecule has 1 aliphatic heterocycles. The summed E-state index contributed by atoms with van der Waals surface area (Å²) in [5.41, 5.74) is 3.56. The molecule has 2 aromatic rings. The third-order valence-corrected chi connectivity index (χ3v) is 5.56. The van der Waals surface area contributed by atoms with E-state index in [0.717, 1.165) is 28.0 Å². The largest absolute Gasteiger partial charge is 0.507 e. The predicted molar refractivity (Wildman–Crippen MR) is 105 cm³/mol. The standard InChI is InChI=1S/C21H26N2O5/c1-11-12(2)21-16(13(3)19(11)26)9-15(28-21)10-18(25)22-6-8-23-7-5-17(24)20(27)14(23)4/h5,7,15,26-27H,6,8-10H2,1-4H3,(H,22,25). The third kappa shape index (κ3) is 3.56. The van der Waals surface area contributed by atoms with Crippen LogP contribution in [-0.2, 0) is 17.8 Å². The monoisotopic (exact) mass is 386 g/mol. The maximum absolute atomic E-state index is 12.3. The average Bonchev–Trinajstić information content (AvgIpc) is 3.08. The van der Waals surface area contributed by atoms with E-state index in [1.807, 2.05) is 20.8 Å². The summed E-state index contributed by atoms with van der Waals surface area (Å²) in [4.78, 5) is 23.7. The van der Waals surface area contributed by atoms with Gasteiger partial charge in [0.2, 0.25) is 11.3 Å². The molecular formula is C21H26N2O5. The Labute approximate surface area is 163 Å². The number of phenolic OH excluding ortho intramolecular Hbond substituents is 1. The van der Waals surface area contributed by atoms with E-state index in [2.05, 4.69) is 5.32 Å². The SMILES string of the molecule is Cc1c(C)c2c(c(C)c1O)CC(CC(=O)NCCn1ccc(=O)c(O)c1C)O2. The molecule has 7 nitrogen and oxygen atoms in total. The second-order valence-corrected chi connectivity index (χ2v) is 7.34. The number of carbonyl (C=O) groups is 1. The first-order valence-corrected chi connectivity index (χ1v) is 9.34. The van der Waals surface area contributed by atoms with Crippen molar-refractivity contribution in [2.24, 2.45) is 0 Å². The average molecular weight is 386 g/mol. The van der Waals surface area contributed by atoms with Gasteiger partial charge in [-0.3, -0.25) is 9.59 Å². The zero-order valence-electron chi connectivity index (χ0n) is 16.6. The Balaban J connectivity index is 1.57. The summed E-state index contributed by atoms with van der Waals surface area (Å²) in [7, 11) is 0. The van der Waals surface area contributed by atoms with Gasteiger partial charge in [0.05, 0.1) is 12.1 Å². The first-order valence-electron chi connectivity index (χ1n) is 9.34. The van der Waals surface area contributed by atoms with Gasteiger partial charge in [-0.15, -0.1) is 0 Å². The number of amides is 1. The second kappa shape index (κ2) is 7.58. The van der Waals surface area contributed by atoms with Crippen LogP contribution in [0.2, 0.25) is 0 Å². The molecule has 1 atom stereocenters. The van der Waals surface area contributed by atoms with Crippen molar-refractivity contribution >= 4 is 5.91 Å². The van der Waals surface area contributed by atoms with Crippen LogP contribution in [0.3, 0.4) is 0 Å². The quantitative estimate of drug-likeness (QED) is 0.730. The molecule has 2 heterocycles. The van der Waals surface area contributed by atoms with Crippen molar-refractivity contribution in [3.05, 3.63) is 50.4 Å². The molecule has 3 rings (SSSR count). The highest BCUT2D eigenvalue weighted by molar-refractivity contribution is 5.76. The van der Waals surface area contributed by atoms with Gasteiger partial charge in [0, 0.05) is 37.3 Å². The number of phenols is 1. The predicted octanol–water partition coefficient (Wildman–Crippen LogP) is 2.00. The van der Waals surface area contributed by atoms with Crippen LogP contribution in [0.5, 0.6) is 17.2 Å². The number of pyridine rings is 1. The molecular weight excluding hydrogens is 360 g/mol. The lowest BCUT2D eigenvalue weighted by molar-refractivity contribution is -0.122. The van der Waals surface area contributed by atoms with Crippen molar-refractivity contribution in [2.75, 3.05) is 6.54 Å². The number of nitrogens with one attached hydrogen (secondary N) is 1. The summed E-state index contributed by atoms with van der Waals surface area (Å²) in [6, 6.07) is 1.30. The number of hydrogen-bond donors (Lipinski definition) is 3. The van der Waals surface area contributed by atoms with Gasteiger partial charge in [0.1, 0.15) is 17.6 Å². The lowest BCUT2D eigenvalue weighted by Crippen LogP contribution is -2.32. The fourth-order valence-electron chi connectivity index (χ4n) is 3.62. The highest BCUT2D eigenvalue weighted by atomic mass is 16.5. The molecule has 1 amide bonds. The van der Waals surface area contributed by atoms with Crippen LogP contribution in [0.4, 0.5) is 0 Å². The summed E-state index contributed by atoms with van der Waals surface area (Å²) < 4.78 is 7.71. The normalized spacial score (nSPS) is 15.2. The molecule has 1 aromatic carbocycles. The number of benzene rings is 1. The van der Waals surface area contributed by atoms with E-state index in [9.17, 15) is 19.8 Å². The zero-order valence-corrected chi connectivity index (χ0v) is 16.6. The Kier molecular flexibility index (Phi) is 5.36. The van der Waals surface area contributed by atoms with Crippen molar-refractivity contribution in [3.63, 3.8) is 0 Å². The molecule has 28 heavy (non-hydrogen) atoms. The van der Waals surface area contributed by atoms with Gasteiger partial charge < -0.3 is 24.8 Å². The number of rotatable bonds is 5. The van der Waals surface area contributed by atoms with Gasteiger partial charge in [-0.05, 0) is 44.4 Å². The fraction of sp³-hybridized carbons (Fsp3) is 0.429. The maximum atomic E-state index is 12.3. The van der Waals surface area contributed by atoms with Crippen molar-refractivity contribution in [2.45, 2.75) is 53.2 Å². The Morgan fingerprint density at radius 3 is 2.61 bits per heavy atom. The summed E-state index contributed by atoms with van der Waals surface area (Å²) in [6.45, 7) is 8.12. The maximum Gasteiger partial charge on any atom is 0.223 e. The molecule has 0 bridgehead atoms. The summed E-state index contributed by atoms with van der Waals surface area (Å²) in [6.07, 6.45) is 2.16. The van der Waals surface area contributed by atoms with E-state index in [1.165, 1.54) is 6.07 Å². The van der Waals surface area contributed by atoms with E-state index in [4.69, 9.17) is 4.74 Å². The number of carbonyl (C=O) groups excluding carboxylic acids is 1. The number of aromatic nitrogens is 1. The van der Waals surface area contributed by atoms with Gasteiger partial charge in [-0.25, -0.2) is 0 Å². The molecule has 1 unspecified atom stereocenters. The van der Waals surface area contributed by atoms with E-state index < -0.39 is 5.43 Å². The van der Waals surface area contributed by atoms with Crippen molar-refractivity contribution in [3.8, 4) is 17.2 Å². The third-order valence-electron chi connectivity index (χ3n) is 5.56. The smallest absolute Gasteiger partial charge is 0.223 e. The first-order chi connectivity index (χ1) is 13.2. The Morgan fingerprint density at radius 2 is 1.89 bits per heavy atom. The molecule has 0 spiro atoms. The molecule has 0 radical (unpaired) electrons. The summed E-state index contributed by atoms with van der Waals surface area (Å²) >= 11 is 0. The molecule has 3 N–H and O–H groups in total. The molecule has 0 saturated heterocycles. The van der Waals surface area contributed by atoms with Crippen LogP contribution in [0.1, 0.15) is 34.4 Å². The number of fused-ring (bicyclic) bond motifs is 1. The molecule has 150 valence electrons. The Bertz CT molecular complexity index is 957. The van der Waals surface area contributed by atoms with Gasteiger partial charge in [-0.2, -0.15) is 0 Å². The molecule has 7 heteroatoms. The Morgan fingerprint density at radius 1 is 1.18 bits per heavy atom. The lowest BCUT2D eigenvalue weighted by Gasteiger charge is -2.14. The fourth-order valence-corrected chi connectivity index (χ4v) is 3.62. The number of nitrogens with zero attached hydrogens (tertiary/aromatic N) is 1. The Hall–Kier alpha value is -2.96. The van der Waals surface area contributed by atoms with Crippen molar-refractivity contribution in [1.29, 1.82) is 0 Å². The number of ether oxygens (including phenoxy) is 1. The van der Waals surface area contributed by atoms with Crippen molar-refractivity contribution < 1.29 is 19.7 Å². The molecule has 1 aliphatic rings. The molecule has 1 aromatic heterocycles. The van der Waals surface area contributed by atoms with Gasteiger partial charge in [-0.1, -0.05) is 0 Å². The van der Waals surface area contributed by atoms with E-state index >= 15 is 0 Å².